The molecule has 0 spiro atoms. The van der Waals surface area contributed by atoms with Crippen LogP contribution in [0.15, 0.2) is 36.6 Å². The lowest BCUT2D eigenvalue weighted by molar-refractivity contribution is -0.347. The quantitative estimate of drug-likeness (QED) is 0.0546. The lowest BCUT2D eigenvalue weighted by atomic mass is 9.85. The number of ether oxygens (including phenoxy) is 7. The number of hydrogen-bond donors (Lipinski definition) is 9. The topological polar surface area (TPSA) is 267 Å². The minimum Gasteiger partial charge on any atom is -0.504 e. The van der Waals surface area contributed by atoms with E-state index in [1.54, 1.807) is 6.08 Å². The largest absolute Gasteiger partial charge is 0.504 e. The second kappa shape index (κ2) is 13.2. The Hall–Kier alpha value is -2.91. The summed E-state index contributed by atoms with van der Waals surface area (Å²) in [5.41, 5.74) is -0.847. The predicted molar refractivity (Wildman–Crippen MR) is 150 cm³/mol. The lowest BCUT2D eigenvalue weighted by Crippen LogP contribution is -2.60. The molecule has 0 bridgehead atoms. The smallest absolute Gasteiger partial charge is 0.331 e. The van der Waals surface area contributed by atoms with Gasteiger partial charge in [-0.2, -0.15) is 0 Å². The van der Waals surface area contributed by atoms with E-state index in [1.165, 1.54) is 37.5 Å². The van der Waals surface area contributed by atoms with Gasteiger partial charge in [-0.3, -0.25) is 0 Å². The summed E-state index contributed by atoms with van der Waals surface area (Å²) in [7, 11) is 0. The van der Waals surface area contributed by atoms with Crippen molar-refractivity contribution in [1.82, 2.24) is 0 Å². The van der Waals surface area contributed by atoms with Gasteiger partial charge in [0, 0.05) is 12.0 Å². The van der Waals surface area contributed by atoms with Crippen LogP contribution in [0.1, 0.15) is 12.5 Å². The van der Waals surface area contributed by atoms with Crippen molar-refractivity contribution in [3.05, 3.63) is 42.2 Å². The van der Waals surface area contributed by atoms with Crippen molar-refractivity contribution in [2.75, 3.05) is 13.2 Å². The molecule has 1 saturated carbocycles. The fraction of sp³-hybridized carbons (Fsp3) is 0.633. The highest BCUT2D eigenvalue weighted by molar-refractivity contribution is 5.87. The number of fused-ring (bicyclic) bond motifs is 3. The molecule has 1 aliphatic carbocycles. The molecule has 1 aromatic rings. The number of esters is 1. The first kappa shape index (κ1) is 34.0. The predicted octanol–water partition coefficient (Wildman–Crippen LogP) is -3.06. The zero-order chi connectivity index (χ0) is 33.8. The molecule has 0 unspecified atom stereocenters. The van der Waals surface area contributed by atoms with Gasteiger partial charge in [0.2, 0.25) is 6.29 Å². The molecular formula is C30H38O17. The molecule has 47 heavy (non-hydrogen) atoms. The standard InChI is InChI=1S/C30H38O17/c1-11-24(44-17(35)5-3-12-2-4-14(33)15(34)8-12)21(38)23(40)28(42-11)45-25-13-6-7-41-27(18(13)30(10-32)26(25)47-30)46-29-22(39)20(37)19(36)16(9-31)43-29/h2-8,11,13,16,18-29,31-34,36-40H,9-10H2,1H3/b5-3+/t11-,13+,16+,18+,19+,20-,21-,22+,23+,24-,25-,26-,27-,28-,29-,30+/m0/s1. The number of aliphatic hydroxyl groups is 7. The molecule has 17 nitrogen and oxygen atoms in total. The molecule has 6 rings (SSSR count). The number of aliphatic hydroxyl groups excluding tert-OH is 7. The van der Waals surface area contributed by atoms with Crippen molar-refractivity contribution >= 4 is 12.0 Å². The number of carbonyl (C=O) groups is 1. The highest BCUT2D eigenvalue weighted by Gasteiger charge is 2.77. The molecule has 16 atom stereocenters. The van der Waals surface area contributed by atoms with Crippen LogP contribution >= 0.6 is 0 Å². The Bertz CT molecular complexity index is 1350. The van der Waals surface area contributed by atoms with Gasteiger partial charge in [-0.05, 0) is 36.8 Å². The van der Waals surface area contributed by atoms with E-state index in [2.05, 4.69) is 0 Å². The van der Waals surface area contributed by atoms with E-state index in [4.69, 9.17) is 33.2 Å². The fourth-order valence-electron chi connectivity index (χ4n) is 6.73. The average Bonchev–Trinajstić information content (AvgIpc) is 3.73. The number of aromatic hydroxyl groups is 2. The van der Waals surface area contributed by atoms with E-state index in [0.29, 0.717) is 5.56 Å². The number of carbonyl (C=O) groups excluding carboxylic acids is 1. The third-order valence-corrected chi connectivity index (χ3v) is 9.33. The van der Waals surface area contributed by atoms with Gasteiger partial charge in [0.15, 0.2) is 30.2 Å². The zero-order valence-electron chi connectivity index (χ0n) is 24.9. The van der Waals surface area contributed by atoms with Crippen LogP contribution in [0.25, 0.3) is 6.08 Å². The molecule has 5 aliphatic rings. The maximum atomic E-state index is 12.5. The van der Waals surface area contributed by atoms with Crippen molar-refractivity contribution in [2.24, 2.45) is 11.8 Å². The number of phenols is 2. The van der Waals surface area contributed by atoms with Crippen LogP contribution in [0.3, 0.4) is 0 Å². The third kappa shape index (κ3) is 6.11. The van der Waals surface area contributed by atoms with Gasteiger partial charge < -0.3 is 79.1 Å². The van der Waals surface area contributed by atoms with Crippen LogP contribution in [0.4, 0.5) is 0 Å². The maximum Gasteiger partial charge on any atom is 0.331 e. The molecule has 17 heteroatoms. The SMILES string of the molecule is C[C@@H]1O[C@@H](O[C@H]2[C@@H]3C=CO[C@@H](O[C@@H]4O[C@H](CO)[C@@H](O)[C@H](O)[C@H]4O)[C@@H]3[C@@]3(CO)O[C@@H]23)[C@H](O)[C@H](O)[C@H]1OC(=O)/C=C/c1ccc(O)c(O)c1. The summed E-state index contributed by atoms with van der Waals surface area (Å²) in [6.07, 6.45) is -12.3. The van der Waals surface area contributed by atoms with E-state index in [-0.39, 0.29) is 11.5 Å². The molecule has 9 N–H and O–H groups in total. The molecular weight excluding hydrogens is 632 g/mol. The summed E-state index contributed by atoms with van der Waals surface area (Å²) in [6, 6.07) is 3.92. The Morgan fingerprint density at radius 3 is 2.32 bits per heavy atom. The summed E-state index contributed by atoms with van der Waals surface area (Å²) in [5, 5.41) is 91.5. The molecule has 4 fully saturated rings. The average molecular weight is 671 g/mol. The summed E-state index contributed by atoms with van der Waals surface area (Å²) >= 11 is 0. The molecule has 4 heterocycles. The maximum absolute atomic E-state index is 12.5. The van der Waals surface area contributed by atoms with Gasteiger partial charge >= 0.3 is 5.97 Å². The number of benzene rings is 1. The van der Waals surface area contributed by atoms with Gasteiger partial charge in [-0.1, -0.05) is 6.07 Å². The first-order valence-corrected chi connectivity index (χ1v) is 15.0. The molecule has 1 aromatic carbocycles. The van der Waals surface area contributed by atoms with E-state index < -0.39 is 117 Å². The summed E-state index contributed by atoms with van der Waals surface area (Å²) in [4.78, 5) is 12.5. The highest BCUT2D eigenvalue weighted by Crippen LogP contribution is 2.61. The second-order valence-electron chi connectivity index (χ2n) is 12.2. The number of epoxide rings is 1. The van der Waals surface area contributed by atoms with Crippen LogP contribution in [0, 0.1) is 11.8 Å². The van der Waals surface area contributed by atoms with Crippen molar-refractivity contribution < 1.29 is 83.9 Å². The van der Waals surface area contributed by atoms with Crippen molar-refractivity contribution in [3.8, 4) is 11.5 Å². The first-order chi connectivity index (χ1) is 22.4. The second-order valence-corrected chi connectivity index (χ2v) is 12.2. The zero-order valence-corrected chi connectivity index (χ0v) is 24.9. The molecule has 4 aliphatic heterocycles. The van der Waals surface area contributed by atoms with Crippen LogP contribution in [-0.2, 0) is 38.0 Å². The molecule has 0 amide bonds. The Morgan fingerprint density at radius 1 is 0.894 bits per heavy atom. The van der Waals surface area contributed by atoms with Gasteiger partial charge in [0.05, 0.1) is 37.6 Å². The van der Waals surface area contributed by atoms with Crippen molar-refractivity contribution in [1.29, 1.82) is 0 Å². The minimum absolute atomic E-state index is 0.329. The summed E-state index contributed by atoms with van der Waals surface area (Å²) < 4.78 is 40.2. The Morgan fingerprint density at radius 2 is 1.62 bits per heavy atom. The Kier molecular flexibility index (Phi) is 9.53. The molecule has 3 saturated heterocycles. The monoisotopic (exact) mass is 670 g/mol. The normalized spacial score (nSPS) is 45.7. The van der Waals surface area contributed by atoms with Crippen LogP contribution in [0.5, 0.6) is 11.5 Å². The van der Waals surface area contributed by atoms with Gasteiger partial charge in [-0.25, -0.2) is 4.79 Å². The summed E-state index contributed by atoms with van der Waals surface area (Å²) in [5.74, 6) is -2.93. The summed E-state index contributed by atoms with van der Waals surface area (Å²) in [6.45, 7) is 0.347. The lowest BCUT2D eigenvalue weighted by Gasteiger charge is -2.44. The minimum atomic E-state index is -1.71. The van der Waals surface area contributed by atoms with E-state index >= 15 is 0 Å². The van der Waals surface area contributed by atoms with E-state index in [0.717, 1.165) is 6.08 Å². The fourth-order valence-corrected chi connectivity index (χ4v) is 6.73. The van der Waals surface area contributed by atoms with Crippen LogP contribution < -0.4 is 0 Å². The number of rotatable bonds is 9. The van der Waals surface area contributed by atoms with E-state index in [9.17, 15) is 50.8 Å². The molecule has 0 aromatic heterocycles. The third-order valence-electron chi connectivity index (χ3n) is 9.33. The molecule has 0 radical (unpaired) electrons. The first-order valence-electron chi connectivity index (χ1n) is 15.0. The number of hydrogen-bond acceptors (Lipinski definition) is 17. The number of phenolic OH excluding ortho intramolecular Hbond substituents is 2. The van der Waals surface area contributed by atoms with Crippen LogP contribution in [-0.4, -0.2) is 151 Å². The van der Waals surface area contributed by atoms with Gasteiger partial charge in [-0.15, -0.1) is 0 Å². The Balaban J connectivity index is 1.11. The molecule has 260 valence electrons. The van der Waals surface area contributed by atoms with E-state index in [1.807, 2.05) is 0 Å². The highest BCUT2D eigenvalue weighted by atomic mass is 16.8. The van der Waals surface area contributed by atoms with Gasteiger partial charge in [0.1, 0.15) is 48.3 Å². The Labute approximate surface area is 267 Å². The van der Waals surface area contributed by atoms with Crippen molar-refractivity contribution in [3.63, 3.8) is 0 Å². The van der Waals surface area contributed by atoms with Gasteiger partial charge in [0.25, 0.3) is 0 Å². The van der Waals surface area contributed by atoms with Crippen LogP contribution in [0.2, 0.25) is 0 Å². The van der Waals surface area contributed by atoms with Crippen molar-refractivity contribution in [2.45, 2.75) is 92.4 Å².